The Morgan fingerprint density at radius 3 is 2.61 bits per heavy atom. The van der Waals surface area contributed by atoms with Crippen molar-refractivity contribution in [3.05, 3.63) is 58.6 Å². The van der Waals surface area contributed by atoms with E-state index in [1.807, 2.05) is 24.0 Å². The van der Waals surface area contributed by atoms with E-state index in [1.165, 1.54) is 12.4 Å². The van der Waals surface area contributed by atoms with Crippen LogP contribution in [-0.4, -0.2) is 26.2 Å². The van der Waals surface area contributed by atoms with Crippen molar-refractivity contribution in [3.8, 4) is 17.2 Å². The van der Waals surface area contributed by atoms with Gasteiger partial charge in [-0.2, -0.15) is 19.1 Å². The van der Waals surface area contributed by atoms with Gasteiger partial charge in [-0.05, 0) is 36.6 Å². The molecule has 0 aliphatic carbocycles. The summed E-state index contributed by atoms with van der Waals surface area (Å²) in [6.07, 6.45) is 5.07. The first kappa shape index (κ1) is 19.4. The number of allylic oxidation sites excluding steroid dienone is 3. The third-order valence-electron chi connectivity index (χ3n) is 4.99. The van der Waals surface area contributed by atoms with Crippen molar-refractivity contribution in [2.24, 2.45) is 11.5 Å². The normalized spacial score (nSPS) is 15.6. The number of rotatable bonds is 4. The van der Waals surface area contributed by atoms with Crippen LogP contribution in [0, 0.1) is 11.3 Å². The van der Waals surface area contributed by atoms with Crippen LogP contribution in [-0.2, 0) is 13.0 Å². The van der Waals surface area contributed by atoms with E-state index in [-0.39, 0.29) is 5.70 Å². The van der Waals surface area contributed by atoms with Crippen LogP contribution in [0.2, 0.25) is 0 Å². The standard InChI is InChI=1S/C19H21F2N7/c1-11(16(23)6-22)12(2)18(24)27-4-3-17-14(9-27)5-13(7-25-17)15-8-26-28(10-15)19(20)21/h5,7-8,10,19H,3-4,9,23-24H2,1-2H3/b16-11-,18-12+. The maximum atomic E-state index is 12.8. The molecule has 4 N–H and O–H groups in total. The lowest BCUT2D eigenvalue weighted by Gasteiger charge is -2.31. The molecule has 9 heteroatoms. The fourth-order valence-electron chi connectivity index (χ4n) is 3.10. The van der Waals surface area contributed by atoms with Crippen molar-refractivity contribution in [1.29, 1.82) is 5.26 Å². The molecule has 7 nitrogen and oxygen atoms in total. The molecule has 0 radical (unpaired) electrons. The van der Waals surface area contributed by atoms with Crippen LogP contribution in [0.15, 0.2) is 47.3 Å². The molecule has 2 aromatic rings. The van der Waals surface area contributed by atoms with Crippen LogP contribution < -0.4 is 11.5 Å². The third-order valence-corrected chi connectivity index (χ3v) is 4.99. The van der Waals surface area contributed by atoms with Gasteiger partial charge >= 0.3 is 6.55 Å². The molecule has 28 heavy (non-hydrogen) atoms. The highest BCUT2D eigenvalue weighted by atomic mass is 19.3. The van der Waals surface area contributed by atoms with Crippen LogP contribution in [0.5, 0.6) is 0 Å². The van der Waals surface area contributed by atoms with E-state index in [0.717, 1.165) is 22.4 Å². The first-order valence-electron chi connectivity index (χ1n) is 8.70. The maximum absolute atomic E-state index is 12.8. The lowest BCUT2D eigenvalue weighted by Crippen LogP contribution is -2.34. The molecule has 2 aromatic heterocycles. The number of hydrogen-bond acceptors (Lipinski definition) is 6. The molecule has 3 rings (SSSR count). The van der Waals surface area contributed by atoms with Gasteiger partial charge in [-0.15, -0.1) is 0 Å². The zero-order chi connectivity index (χ0) is 20.4. The van der Waals surface area contributed by atoms with E-state index in [9.17, 15) is 8.78 Å². The summed E-state index contributed by atoms with van der Waals surface area (Å²) in [4.78, 5) is 6.48. The molecular weight excluding hydrogens is 364 g/mol. The quantitative estimate of drug-likeness (QED) is 0.618. The number of alkyl halides is 2. The Balaban J connectivity index is 1.89. The zero-order valence-electron chi connectivity index (χ0n) is 15.7. The number of pyridine rings is 1. The number of fused-ring (bicyclic) bond motifs is 1. The van der Waals surface area contributed by atoms with Crippen molar-refractivity contribution in [2.45, 2.75) is 33.4 Å². The Morgan fingerprint density at radius 2 is 1.96 bits per heavy atom. The summed E-state index contributed by atoms with van der Waals surface area (Å²) < 4.78 is 26.1. The molecule has 3 heterocycles. The summed E-state index contributed by atoms with van der Waals surface area (Å²) in [5.41, 5.74) is 16.8. The van der Waals surface area contributed by atoms with Crippen molar-refractivity contribution < 1.29 is 8.78 Å². The van der Waals surface area contributed by atoms with Gasteiger partial charge in [0.15, 0.2) is 0 Å². The minimum absolute atomic E-state index is 0.137. The predicted molar refractivity (Wildman–Crippen MR) is 100 cm³/mol. The van der Waals surface area contributed by atoms with Crippen LogP contribution in [0.4, 0.5) is 8.78 Å². The summed E-state index contributed by atoms with van der Waals surface area (Å²) in [5, 5.41) is 12.7. The molecule has 1 aliphatic heterocycles. The molecule has 146 valence electrons. The Labute approximate surface area is 161 Å². The first-order valence-corrected chi connectivity index (χ1v) is 8.70. The number of halogens is 2. The van der Waals surface area contributed by atoms with Gasteiger partial charge in [-0.25, -0.2) is 4.68 Å². The van der Waals surface area contributed by atoms with Crippen molar-refractivity contribution in [1.82, 2.24) is 19.7 Å². The van der Waals surface area contributed by atoms with E-state index >= 15 is 0 Å². The number of nitriles is 1. The highest BCUT2D eigenvalue weighted by Gasteiger charge is 2.21. The minimum Gasteiger partial charge on any atom is -0.390 e. The fourth-order valence-corrected chi connectivity index (χ4v) is 3.10. The molecule has 0 spiro atoms. The Hall–Kier alpha value is -3.41. The average Bonchev–Trinajstić information content (AvgIpc) is 3.21. The van der Waals surface area contributed by atoms with E-state index in [1.54, 1.807) is 13.1 Å². The van der Waals surface area contributed by atoms with E-state index < -0.39 is 6.55 Å². The van der Waals surface area contributed by atoms with Gasteiger partial charge in [-0.3, -0.25) is 4.98 Å². The second-order valence-electron chi connectivity index (χ2n) is 6.65. The van der Waals surface area contributed by atoms with Crippen LogP contribution in [0.3, 0.4) is 0 Å². The lowest BCUT2D eigenvalue weighted by molar-refractivity contribution is 0.0566. The molecule has 0 fully saturated rings. The summed E-state index contributed by atoms with van der Waals surface area (Å²) >= 11 is 0. The molecule has 1 aliphatic rings. The molecule has 0 saturated carbocycles. The number of nitrogens with two attached hydrogens (primary N) is 2. The monoisotopic (exact) mass is 385 g/mol. The van der Waals surface area contributed by atoms with Gasteiger partial charge in [0.1, 0.15) is 17.6 Å². The third kappa shape index (κ3) is 3.67. The predicted octanol–water partition coefficient (Wildman–Crippen LogP) is 2.64. The number of hydrogen-bond donors (Lipinski definition) is 2. The van der Waals surface area contributed by atoms with Gasteiger partial charge in [0.2, 0.25) is 0 Å². The van der Waals surface area contributed by atoms with Crippen LogP contribution >= 0.6 is 0 Å². The highest BCUT2D eigenvalue weighted by molar-refractivity contribution is 5.62. The summed E-state index contributed by atoms with van der Waals surface area (Å²) in [6.45, 7) is 2.13. The Morgan fingerprint density at radius 1 is 1.21 bits per heavy atom. The van der Waals surface area contributed by atoms with E-state index in [4.69, 9.17) is 16.7 Å². The summed E-state index contributed by atoms with van der Waals surface area (Å²) in [7, 11) is 0. The zero-order valence-corrected chi connectivity index (χ0v) is 15.7. The van der Waals surface area contributed by atoms with Crippen molar-refractivity contribution >= 4 is 0 Å². The first-order chi connectivity index (χ1) is 13.3. The molecule has 0 amide bonds. The highest BCUT2D eigenvalue weighted by Crippen LogP contribution is 2.27. The second kappa shape index (κ2) is 7.68. The summed E-state index contributed by atoms with van der Waals surface area (Å²) in [5.74, 6) is 0.553. The van der Waals surface area contributed by atoms with Crippen molar-refractivity contribution in [3.63, 3.8) is 0 Å². The number of aromatic nitrogens is 3. The van der Waals surface area contributed by atoms with Crippen molar-refractivity contribution in [2.75, 3.05) is 6.54 Å². The topological polar surface area (TPSA) is 110 Å². The van der Waals surface area contributed by atoms with Gasteiger partial charge in [0.05, 0.1) is 6.20 Å². The second-order valence-corrected chi connectivity index (χ2v) is 6.65. The van der Waals surface area contributed by atoms with E-state index in [0.29, 0.717) is 41.1 Å². The SMILES string of the molecule is CC(=C(/N)C#N)/C(C)=C(\N)N1CCc2ncc(-c3cnn(C(F)F)c3)cc2C1. The van der Waals surface area contributed by atoms with Gasteiger partial charge in [0.25, 0.3) is 0 Å². The Kier molecular flexibility index (Phi) is 5.31. The molecular formula is C19H21F2N7. The lowest BCUT2D eigenvalue weighted by atomic mass is 10.0. The van der Waals surface area contributed by atoms with E-state index in [2.05, 4.69) is 10.1 Å². The summed E-state index contributed by atoms with van der Waals surface area (Å²) in [6, 6.07) is 3.86. The van der Waals surface area contributed by atoms with Crippen LogP contribution in [0.25, 0.3) is 11.1 Å². The molecule has 0 bridgehead atoms. The van der Waals surface area contributed by atoms with Gasteiger partial charge < -0.3 is 16.4 Å². The molecule has 0 atom stereocenters. The number of nitrogens with zero attached hydrogens (tertiary/aromatic N) is 5. The van der Waals surface area contributed by atoms with Gasteiger partial charge in [-0.1, -0.05) is 0 Å². The smallest absolute Gasteiger partial charge is 0.333 e. The van der Waals surface area contributed by atoms with Crippen LogP contribution in [0.1, 0.15) is 31.7 Å². The molecule has 0 unspecified atom stereocenters. The van der Waals surface area contributed by atoms with Gasteiger partial charge in [0, 0.05) is 48.7 Å². The molecule has 0 saturated heterocycles. The maximum Gasteiger partial charge on any atom is 0.333 e. The largest absolute Gasteiger partial charge is 0.390 e. The fraction of sp³-hybridized carbons (Fsp3) is 0.316. The minimum atomic E-state index is -2.68. The Bertz CT molecular complexity index is 998. The average molecular weight is 385 g/mol. The molecule has 0 aromatic carbocycles.